The molecule has 4 aromatic rings. The number of benzene rings is 2. The number of hydrogen-bond acceptors (Lipinski definition) is 6. The predicted molar refractivity (Wildman–Crippen MR) is 145 cm³/mol. The van der Waals surface area contributed by atoms with E-state index < -0.39 is 5.60 Å². The number of piperidine rings is 1. The summed E-state index contributed by atoms with van der Waals surface area (Å²) in [5.74, 6) is 1.01. The van der Waals surface area contributed by atoms with Crippen molar-refractivity contribution >= 4 is 29.0 Å². The molecule has 0 unspecified atom stereocenters. The van der Waals surface area contributed by atoms with E-state index in [0.717, 1.165) is 54.3 Å². The van der Waals surface area contributed by atoms with Gasteiger partial charge in [-0.25, -0.2) is 4.98 Å². The summed E-state index contributed by atoms with van der Waals surface area (Å²) in [7, 11) is 0. The monoisotopic (exact) mass is 500 g/mol. The lowest BCUT2D eigenvalue weighted by atomic mass is 9.96. The number of Topliss-reactive ketones (excluding diaryl/α,β-unsaturated/α-hetero) is 1. The fourth-order valence-electron chi connectivity index (χ4n) is 4.66. The Labute approximate surface area is 216 Å². The summed E-state index contributed by atoms with van der Waals surface area (Å²) in [4.78, 5) is 21.5. The van der Waals surface area contributed by atoms with E-state index in [9.17, 15) is 9.90 Å². The molecule has 1 saturated heterocycles. The molecule has 0 atom stereocenters. The number of rotatable bonds is 7. The zero-order chi connectivity index (χ0) is 25.3. The Balaban J connectivity index is 1.33. The number of anilines is 1. The summed E-state index contributed by atoms with van der Waals surface area (Å²) in [5.41, 5.74) is 2.89. The van der Waals surface area contributed by atoms with Crippen LogP contribution in [0.15, 0.2) is 71.6 Å². The lowest BCUT2D eigenvalue weighted by Crippen LogP contribution is -2.36. The van der Waals surface area contributed by atoms with Gasteiger partial charge in [-0.3, -0.25) is 4.79 Å². The number of aryl methyl sites for hydroxylation is 1. The average Bonchev–Trinajstić information content (AvgIpc) is 3.24. The predicted octanol–water partition coefficient (Wildman–Crippen LogP) is 5.45. The Morgan fingerprint density at radius 3 is 2.42 bits per heavy atom. The van der Waals surface area contributed by atoms with Gasteiger partial charge in [0.15, 0.2) is 11.4 Å². The Kier molecular flexibility index (Phi) is 6.86. The van der Waals surface area contributed by atoms with E-state index in [1.807, 2.05) is 47.5 Å². The highest BCUT2D eigenvalue weighted by Gasteiger charge is 2.24. The minimum absolute atomic E-state index is 0.00861. The molecular weight excluding hydrogens is 468 g/mol. The van der Waals surface area contributed by atoms with Gasteiger partial charge in [-0.15, -0.1) is 11.8 Å². The highest BCUT2D eigenvalue weighted by atomic mass is 32.2. The van der Waals surface area contributed by atoms with E-state index in [1.165, 1.54) is 4.90 Å². The minimum Gasteiger partial charge on any atom is -0.386 e. The Bertz CT molecular complexity index is 1350. The van der Waals surface area contributed by atoms with Crippen molar-refractivity contribution in [1.29, 1.82) is 0 Å². The van der Waals surface area contributed by atoms with Crippen molar-refractivity contribution in [3.05, 3.63) is 89.2 Å². The normalized spacial score (nSPS) is 14.9. The van der Waals surface area contributed by atoms with E-state index in [2.05, 4.69) is 40.3 Å². The van der Waals surface area contributed by atoms with Crippen LogP contribution in [0.4, 0.5) is 5.82 Å². The number of aliphatic hydroxyl groups is 1. The number of fused-ring (bicyclic) bond motifs is 1. The first-order valence-corrected chi connectivity index (χ1v) is 13.3. The van der Waals surface area contributed by atoms with E-state index in [-0.39, 0.29) is 12.2 Å². The van der Waals surface area contributed by atoms with Crippen LogP contribution < -0.4 is 4.90 Å². The highest BCUT2D eigenvalue weighted by Crippen LogP contribution is 2.32. The summed E-state index contributed by atoms with van der Waals surface area (Å²) in [6, 6.07) is 21.8. The molecule has 186 valence electrons. The van der Waals surface area contributed by atoms with Gasteiger partial charge in [0.05, 0.1) is 23.4 Å². The third kappa shape index (κ3) is 5.47. The lowest BCUT2D eigenvalue weighted by Gasteiger charge is -2.33. The van der Waals surface area contributed by atoms with Crippen LogP contribution in [0.25, 0.3) is 5.65 Å². The second-order valence-corrected chi connectivity index (χ2v) is 11.4. The lowest BCUT2D eigenvalue weighted by molar-refractivity contribution is 0.0784. The Morgan fingerprint density at radius 2 is 1.75 bits per heavy atom. The maximum atomic E-state index is 13.1. The van der Waals surface area contributed by atoms with Crippen molar-refractivity contribution in [1.82, 2.24) is 14.6 Å². The number of nitrogens with zero attached hydrogens (tertiary/aromatic N) is 4. The van der Waals surface area contributed by atoms with Gasteiger partial charge in [0.2, 0.25) is 0 Å². The van der Waals surface area contributed by atoms with Crippen LogP contribution in [-0.2, 0) is 12.0 Å². The fraction of sp³-hybridized carbons (Fsp3) is 0.345. The molecule has 0 spiro atoms. The topological polar surface area (TPSA) is 70.7 Å². The summed E-state index contributed by atoms with van der Waals surface area (Å²) in [6.45, 7) is 7.32. The molecular formula is C29H32N4O2S. The number of carbonyl (C=O) groups excluding carboxylic acids is 1. The second kappa shape index (κ2) is 10.1. The molecule has 0 bridgehead atoms. The van der Waals surface area contributed by atoms with E-state index in [4.69, 9.17) is 4.98 Å². The largest absolute Gasteiger partial charge is 0.386 e. The Morgan fingerprint density at radius 1 is 1.06 bits per heavy atom. The molecule has 7 heteroatoms. The molecule has 6 nitrogen and oxygen atoms in total. The van der Waals surface area contributed by atoms with Gasteiger partial charge < -0.3 is 10.0 Å². The van der Waals surface area contributed by atoms with Gasteiger partial charge in [0.1, 0.15) is 5.82 Å². The number of hydrogen-bond donors (Lipinski definition) is 1. The van der Waals surface area contributed by atoms with Crippen molar-refractivity contribution in [3.8, 4) is 0 Å². The molecule has 0 aliphatic carbocycles. The summed E-state index contributed by atoms with van der Waals surface area (Å²) in [6.07, 6.45) is 2.40. The molecule has 1 aliphatic heterocycles. The first kappa shape index (κ1) is 24.5. The minimum atomic E-state index is -0.935. The van der Waals surface area contributed by atoms with E-state index in [1.54, 1.807) is 26.0 Å². The molecule has 0 radical (unpaired) electrons. The third-order valence-corrected chi connectivity index (χ3v) is 8.00. The zero-order valence-electron chi connectivity index (χ0n) is 21.0. The third-order valence-electron chi connectivity index (χ3n) is 6.65. The SMILES string of the molecule is Cc1cc2nc(CC(=O)c3ccc(C(C)(C)O)cc3)cc(N3CCC(Sc4ccccc4)CC3)n2n1. The van der Waals surface area contributed by atoms with Crippen LogP contribution in [0.3, 0.4) is 0 Å². The molecule has 1 fully saturated rings. The van der Waals surface area contributed by atoms with Gasteiger partial charge in [-0.2, -0.15) is 9.61 Å². The van der Waals surface area contributed by atoms with Crippen LogP contribution in [0.1, 0.15) is 54.0 Å². The van der Waals surface area contributed by atoms with Crippen LogP contribution >= 0.6 is 11.8 Å². The summed E-state index contributed by atoms with van der Waals surface area (Å²) < 4.78 is 1.91. The smallest absolute Gasteiger partial charge is 0.168 e. The molecule has 1 N–H and O–H groups in total. The first-order valence-electron chi connectivity index (χ1n) is 12.5. The van der Waals surface area contributed by atoms with Gasteiger partial charge in [-0.1, -0.05) is 42.5 Å². The highest BCUT2D eigenvalue weighted by molar-refractivity contribution is 8.00. The molecule has 5 rings (SSSR count). The van der Waals surface area contributed by atoms with Crippen LogP contribution in [0.5, 0.6) is 0 Å². The van der Waals surface area contributed by atoms with Crippen LogP contribution in [-0.4, -0.2) is 43.8 Å². The molecule has 0 saturated carbocycles. The summed E-state index contributed by atoms with van der Waals surface area (Å²) >= 11 is 1.96. The van der Waals surface area contributed by atoms with Gasteiger partial charge in [0, 0.05) is 40.9 Å². The summed E-state index contributed by atoms with van der Waals surface area (Å²) in [5, 5.41) is 15.5. The van der Waals surface area contributed by atoms with E-state index >= 15 is 0 Å². The molecule has 2 aromatic carbocycles. The number of aromatic nitrogens is 3. The molecule has 36 heavy (non-hydrogen) atoms. The van der Waals surface area contributed by atoms with Gasteiger partial charge in [-0.05, 0) is 51.3 Å². The number of thioether (sulfide) groups is 1. The molecule has 2 aromatic heterocycles. The van der Waals surface area contributed by atoms with Crippen LogP contribution in [0.2, 0.25) is 0 Å². The van der Waals surface area contributed by atoms with Gasteiger partial charge in [0.25, 0.3) is 0 Å². The first-order chi connectivity index (χ1) is 17.3. The van der Waals surface area contributed by atoms with E-state index in [0.29, 0.717) is 10.8 Å². The maximum Gasteiger partial charge on any atom is 0.168 e. The van der Waals surface area contributed by atoms with Crippen LogP contribution in [0, 0.1) is 6.92 Å². The molecule has 0 amide bonds. The van der Waals surface area contributed by atoms with Crippen molar-refractivity contribution in [3.63, 3.8) is 0 Å². The van der Waals surface area contributed by atoms with Crippen molar-refractivity contribution in [2.45, 2.75) is 55.8 Å². The van der Waals surface area contributed by atoms with Crippen molar-refractivity contribution in [2.75, 3.05) is 18.0 Å². The fourth-order valence-corrected chi connectivity index (χ4v) is 5.81. The van der Waals surface area contributed by atoms with Gasteiger partial charge >= 0.3 is 0 Å². The molecule has 3 heterocycles. The maximum absolute atomic E-state index is 13.1. The molecule has 1 aliphatic rings. The standard InChI is InChI=1S/C29H32N4O2S/c1-20-17-27-30-23(18-26(34)21-9-11-22(12-10-21)29(2,3)35)19-28(33(27)31-20)32-15-13-25(14-16-32)36-24-7-5-4-6-8-24/h4-12,17,19,25,35H,13-16,18H2,1-3H3. The zero-order valence-corrected chi connectivity index (χ0v) is 21.8. The average molecular weight is 501 g/mol. The number of carbonyl (C=O) groups is 1. The second-order valence-electron chi connectivity index (χ2n) is 10.0. The van der Waals surface area contributed by atoms with Crippen molar-refractivity contribution < 1.29 is 9.90 Å². The number of ketones is 1. The van der Waals surface area contributed by atoms with Crippen molar-refractivity contribution in [2.24, 2.45) is 0 Å². The Hall–Kier alpha value is -3.16. The quantitative estimate of drug-likeness (QED) is 0.340.